The van der Waals surface area contributed by atoms with E-state index in [2.05, 4.69) is 25.8 Å². The van der Waals surface area contributed by atoms with Crippen LogP contribution in [0, 0.1) is 0 Å². The smallest absolute Gasteiger partial charge is 0.267 e. The molecule has 0 saturated carbocycles. The number of nitrogens with one attached hydrogen (secondary N) is 1. The summed E-state index contributed by atoms with van der Waals surface area (Å²) in [5.41, 5.74) is 3.51. The Kier molecular flexibility index (Phi) is 4.62. The summed E-state index contributed by atoms with van der Waals surface area (Å²) in [6, 6.07) is 14.2. The van der Waals surface area contributed by atoms with Crippen molar-refractivity contribution in [3.8, 4) is 0 Å². The first kappa shape index (κ1) is 15.8. The van der Waals surface area contributed by atoms with Crippen LogP contribution >= 0.6 is 11.6 Å². The average Bonchev–Trinajstić information content (AvgIpc) is 2.61. The monoisotopic (exact) mass is 340 g/mol. The topological polar surface area (TPSA) is 84.0 Å². The zero-order chi connectivity index (χ0) is 16.9. The molecule has 3 aromatic rings. The molecule has 8 heteroatoms. The van der Waals surface area contributed by atoms with Crippen LogP contribution in [-0.4, -0.2) is 15.5 Å². The summed E-state index contributed by atoms with van der Waals surface area (Å²) in [4.78, 5) is 16.5. The van der Waals surface area contributed by atoms with Gasteiger partial charge in [-0.3, -0.25) is 4.79 Å². The van der Waals surface area contributed by atoms with Gasteiger partial charge in [0.05, 0.1) is 15.9 Å². The minimum Gasteiger partial charge on any atom is -0.267 e. The number of fused-ring (bicyclic) bond motifs is 1. The van der Waals surface area contributed by atoms with Crippen molar-refractivity contribution in [2.75, 3.05) is 5.53 Å². The fraction of sp³-hybridized carbons (Fsp3) is 0.0625. The molecule has 2 aromatic carbocycles. The largest absolute Gasteiger partial charge is 0.281 e. The van der Waals surface area contributed by atoms with Crippen LogP contribution in [0.1, 0.15) is 6.92 Å². The van der Waals surface area contributed by atoms with Gasteiger partial charge in [0.2, 0.25) is 0 Å². The maximum atomic E-state index is 12.3. The summed E-state index contributed by atoms with van der Waals surface area (Å²) >= 11 is 5.99. The van der Waals surface area contributed by atoms with Crippen LogP contribution in [0.3, 0.4) is 0 Å². The lowest BCUT2D eigenvalue weighted by Crippen LogP contribution is -2.26. The number of azo groups is 1. The molecule has 0 bridgehead atoms. The highest BCUT2D eigenvalue weighted by Gasteiger charge is 2.02. The van der Waals surface area contributed by atoms with Gasteiger partial charge in [-0.1, -0.05) is 35.9 Å². The van der Waals surface area contributed by atoms with Crippen molar-refractivity contribution in [1.82, 2.24) is 9.66 Å². The Labute approximate surface area is 142 Å². The minimum absolute atomic E-state index is 0.250. The quantitative estimate of drug-likeness (QED) is 0.341. The Morgan fingerprint density at radius 3 is 2.75 bits per heavy atom. The molecule has 0 aliphatic carbocycles. The second kappa shape index (κ2) is 7.01. The number of aromatic nitrogens is 2. The molecule has 1 N–H and O–H groups in total. The predicted octanol–water partition coefficient (Wildman–Crippen LogP) is 3.71. The third-order valence-electron chi connectivity index (χ3n) is 3.14. The molecule has 0 radical (unpaired) electrons. The van der Waals surface area contributed by atoms with Gasteiger partial charge >= 0.3 is 0 Å². The molecule has 120 valence electrons. The highest BCUT2D eigenvalue weighted by atomic mass is 35.5. The van der Waals surface area contributed by atoms with Gasteiger partial charge in [0.15, 0.2) is 5.84 Å². The fourth-order valence-electron chi connectivity index (χ4n) is 1.95. The number of para-hydroxylation sites is 1. The van der Waals surface area contributed by atoms with Crippen LogP contribution < -0.4 is 11.1 Å². The number of halogens is 1. The van der Waals surface area contributed by atoms with Gasteiger partial charge in [-0.2, -0.15) is 4.68 Å². The molecule has 0 amide bonds. The summed E-state index contributed by atoms with van der Waals surface area (Å²) in [6.07, 6.45) is 1.37. The fourth-order valence-corrected chi connectivity index (χ4v) is 2.12. The summed E-state index contributed by atoms with van der Waals surface area (Å²) in [7, 11) is 0. The zero-order valence-electron chi connectivity index (χ0n) is 12.7. The molecule has 24 heavy (non-hydrogen) atoms. The van der Waals surface area contributed by atoms with Gasteiger partial charge in [0, 0.05) is 0 Å². The highest BCUT2D eigenvalue weighted by molar-refractivity contribution is 6.32. The Morgan fingerprint density at radius 2 is 1.92 bits per heavy atom. The van der Waals surface area contributed by atoms with E-state index in [1.165, 1.54) is 11.0 Å². The zero-order valence-corrected chi connectivity index (χ0v) is 13.5. The molecule has 0 saturated heterocycles. The maximum Gasteiger partial charge on any atom is 0.281 e. The van der Waals surface area contributed by atoms with E-state index in [-0.39, 0.29) is 5.56 Å². The Bertz CT molecular complexity index is 995. The van der Waals surface area contributed by atoms with E-state index in [4.69, 9.17) is 11.6 Å². The molecule has 3 rings (SSSR count). The number of benzene rings is 2. The van der Waals surface area contributed by atoms with Gasteiger partial charge in [0.1, 0.15) is 12.0 Å². The molecule has 0 fully saturated rings. The molecule has 0 unspecified atom stereocenters. The van der Waals surface area contributed by atoms with Crippen molar-refractivity contribution in [3.05, 3.63) is 70.2 Å². The van der Waals surface area contributed by atoms with Crippen LogP contribution in [0.5, 0.6) is 0 Å². The molecule has 0 atom stereocenters. The van der Waals surface area contributed by atoms with Gasteiger partial charge in [-0.25, -0.2) is 10.5 Å². The third kappa shape index (κ3) is 3.47. The van der Waals surface area contributed by atoms with Crippen LogP contribution in [0.4, 0.5) is 5.69 Å². The number of nitrogens with zero attached hydrogens (tertiary/aromatic N) is 5. The molecule has 0 spiro atoms. The van der Waals surface area contributed by atoms with Crippen LogP contribution in [-0.2, 0) is 0 Å². The predicted molar refractivity (Wildman–Crippen MR) is 94.4 cm³/mol. The van der Waals surface area contributed by atoms with Crippen LogP contribution in [0.2, 0.25) is 5.02 Å². The summed E-state index contributed by atoms with van der Waals surface area (Å²) < 4.78 is 1.18. The second-order valence-corrected chi connectivity index (χ2v) is 5.25. The van der Waals surface area contributed by atoms with Crippen molar-refractivity contribution in [2.45, 2.75) is 6.92 Å². The summed E-state index contributed by atoms with van der Waals surface area (Å²) in [6.45, 7) is 1.65. The summed E-state index contributed by atoms with van der Waals surface area (Å²) in [5, 5.41) is 13.0. The first-order valence-corrected chi connectivity index (χ1v) is 7.46. The van der Waals surface area contributed by atoms with E-state index < -0.39 is 0 Å². The second-order valence-electron chi connectivity index (χ2n) is 4.85. The van der Waals surface area contributed by atoms with E-state index in [1.54, 1.807) is 37.3 Å². The Morgan fingerprint density at radius 1 is 1.17 bits per heavy atom. The van der Waals surface area contributed by atoms with Crippen molar-refractivity contribution in [2.24, 2.45) is 15.3 Å². The van der Waals surface area contributed by atoms with E-state index in [0.29, 0.717) is 27.4 Å². The number of amidine groups is 1. The number of hydrazone groups is 1. The minimum atomic E-state index is -0.250. The molecule has 1 aromatic heterocycles. The van der Waals surface area contributed by atoms with E-state index >= 15 is 0 Å². The SMILES string of the molecule is C/C(N=Nc1ccccc1Cl)=N\Nn1cnc2ccccc2c1=O. The molecule has 0 aliphatic rings. The average molecular weight is 341 g/mol. The van der Waals surface area contributed by atoms with Crippen molar-refractivity contribution in [1.29, 1.82) is 0 Å². The third-order valence-corrected chi connectivity index (χ3v) is 3.46. The van der Waals surface area contributed by atoms with Crippen LogP contribution in [0.15, 0.2) is 75.0 Å². The molecule has 1 heterocycles. The highest BCUT2D eigenvalue weighted by Crippen LogP contribution is 2.23. The normalized spacial score (nSPS) is 12.0. The molecule has 0 aliphatic heterocycles. The Hall–Kier alpha value is -3.06. The van der Waals surface area contributed by atoms with E-state index in [0.717, 1.165) is 0 Å². The van der Waals surface area contributed by atoms with Gasteiger partial charge in [-0.15, -0.1) is 15.3 Å². The maximum absolute atomic E-state index is 12.3. The molecular weight excluding hydrogens is 328 g/mol. The van der Waals surface area contributed by atoms with Crippen LogP contribution in [0.25, 0.3) is 10.9 Å². The number of hydrogen-bond donors (Lipinski definition) is 1. The lowest BCUT2D eigenvalue weighted by molar-refractivity contribution is 0.819. The summed E-state index contributed by atoms with van der Waals surface area (Å²) in [5.74, 6) is 0.329. The van der Waals surface area contributed by atoms with Crippen molar-refractivity contribution >= 4 is 34.0 Å². The lowest BCUT2D eigenvalue weighted by Gasteiger charge is -2.04. The van der Waals surface area contributed by atoms with Gasteiger partial charge < -0.3 is 0 Å². The van der Waals surface area contributed by atoms with Gasteiger partial charge in [-0.05, 0) is 31.2 Å². The standard InChI is InChI=1S/C16H13ClN6O/c1-11(19-21-15-9-5-3-7-13(15)17)20-22-23-10-18-14-8-4-2-6-12(14)16(23)24/h2-10,22H,1H3/b20-11+,21-19?. The van der Waals surface area contributed by atoms with Gasteiger partial charge in [0.25, 0.3) is 5.56 Å². The van der Waals surface area contributed by atoms with E-state index in [9.17, 15) is 4.79 Å². The van der Waals surface area contributed by atoms with E-state index in [1.807, 2.05) is 18.2 Å². The number of hydrogen-bond acceptors (Lipinski definition) is 5. The van der Waals surface area contributed by atoms with Crippen molar-refractivity contribution in [3.63, 3.8) is 0 Å². The Balaban J connectivity index is 1.79. The first-order chi connectivity index (χ1) is 11.6. The molecule has 7 nitrogen and oxygen atoms in total. The number of rotatable bonds is 3. The van der Waals surface area contributed by atoms with Crippen molar-refractivity contribution < 1.29 is 0 Å². The lowest BCUT2D eigenvalue weighted by atomic mass is 10.2. The molecular formula is C16H13ClN6O. The first-order valence-electron chi connectivity index (χ1n) is 7.08.